The Morgan fingerprint density at radius 2 is 2.50 bits per heavy atom. The second kappa shape index (κ2) is 4.26. The third-order valence-electron chi connectivity index (χ3n) is 1.44. The van der Waals surface area contributed by atoms with Gasteiger partial charge in [-0.1, -0.05) is 0 Å². The van der Waals surface area contributed by atoms with Crippen molar-refractivity contribution in [3.63, 3.8) is 0 Å². The molecule has 0 fully saturated rings. The number of rotatable bonds is 4. The highest BCUT2D eigenvalue weighted by molar-refractivity contribution is 5.78. The summed E-state index contributed by atoms with van der Waals surface area (Å²) in [6, 6.07) is 0. The number of hydrogen-bond donors (Lipinski definition) is 3. The zero-order valence-electron chi connectivity index (χ0n) is 7.53. The minimum Gasteiger partial charge on any atom is -0.489 e. The molecule has 7 heteroatoms. The number of anilines is 1. The predicted molar refractivity (Wildman–Crippen MR) is 49.1 cm³/mol. The molecule has 0 unspecified atom stereocenters. The van der Waals surface area contributed by atoms with E-state index in [1.54, 1.807) is 0 Å². The lowest BCUT2D eigenvalue weighted by atomic mass is 10.5. The monoisotopic (exact) mass is 198 g/mol. The Morgan fingerprint density at radius 1 is 1.79 bits per heavy atom. The lowest BCUT2D eigenvalue weighted by Gasteiger charge is -2.06. The van der Waals surface area contributed by atoms with E-state index in [0.29, 0.717) is 0 Å². The Bertz CT molecular complexity index is 387. The van der Waals surface area contributed by atoms with Gasteiger partial charge in [-0.25, -0.2) is 4.98 Å². The van der Waals surface area contributed by atoms with E-state index >= 15 is 0 Å². The van der Waals surface area contributed by atoms with Crippen LogP contribution in [0.15, 0.2) is 11.1 Å². The molecule has 1 aromatic rings. The zero-order valence-corrected chi connectivity index (χ0v) is 7.53. The van der Waals surface area contributed by atoms with Crippen molar-refractivity contribution in [1.82, 2.24) is 9.97 Å². The molecular weight excluding hydrogens is 188 g/mol. The van der Waals surface area contributed by atoms with Crippen LogP contribution in [0.25, 0.3) is 0 Å². The van der Waals surface area contributed by atoms with Gasteiger partial charge in [-0.3, -0.25) is 9.59 Å². The molecular formula is C7H10N4O3. The smallest absolute Gasteiger partial charge is 0.295 e. The van der Waals surface area contributed by atoms with Crippen LogP contribution in [0.1, 0.15) is 0 Å². The van der Waals surface area contributed by atoms with E-state index in [1.807, 2.05) is 0 Å². The van der Waals surface area contributed by atoms with Crippen LogP contribution in [0.3, 0.4) is 0 Å². The summed E-state index contributed by atoms with van der Waals surface area (Å²) in [5.41, 5.74) is 4.49. The normalized spacial score (nSPS) is 9.50. The van der Waals surface area contributed by atoms with Gasteiger partial charge in [0.25, 0.3) is 5.56 Å². The molecule has 14 heavy (non-hydrogen) atoms. The van der Waals surface area contributed by atoms with Gasteiger partial charge in [-0.05, 0) is 0 Å². The van der Waals surface area contributed by atoms with Gasteiger partial charge < -0.3 is 20.8 Å². The van der Waals surface area contributed by atoms with Gasteiger partial charge in [0.05, 0.1) is 20.0 Å². The Balaban J connectivity index is 2.90. The van der Waals surface area contributed by atoms with E-state index < -0.39 is 11.5 Å². The van der Waals surface area contributed by atoms with Gasteiger partial charge in [0.1, 0.15) is 0 Å². The molecule has 0 atom stereocenters. The number of aromatic amines is 1. The number of hydrogen-bond acceptors (Lipinski definition) is 5. The van der Waals surface area contributed by atoms with Crippen LogP contribution in [0.2, 0.25) is 0 Å². The second-order valence-corrected chi connectivity index (χ2v) is 2.43. The summed E-state index contributed by atoms with van der Waals surface area (Å²) in [6.45, 7) is -0.104. The van der Waals surface area contributed by atoms with Gasteiger partial charge in [-0.15, -0.1) is 0 Å². The third-order valence-corrected chi connectivity index (χ3v) is 1.44. The number of carbonyl (C=O) groups excluding carboxylic acids is 1. The first-order valence-electron chi connectivity index (χ1n) is 3.79. The molecule has 1 amide bonds. The molecule has 0 radical (unpaired) electrons. The fraction of sp³-hybridized carbons (Fsp3) is 0.286. The number of amides is 1. The van der Waals surface area contributed by atoms with Gasteiger partial charge in [0.15, 0.2) is 5.82 Å². The average molecular weight is 198 g/mol. The van der Waals surface area contributed by atoms with Gasteiger partial charge in [0.2, 0.25) is 11.7 Å². The number of carbonyl (C=O) groups is 1. The average Bonchev–Trinajstić information content (AvgIpc) is 2.14. The number of nitrogens with one attached hydrogen (secondary N) is 2. The maximum absolute atomic E-state index is 11.1. The lowest BCUT2D eigenvalue weighted by Crippen LogP contribution is -2.23. The highest BCUT2D eigenvalue weighted by atomic mass is 16.5. The van der Waals surface area contributed by atoms with Crippen LogP contribution in [0, 0.1) is 0 Å². The summed E-state index contributed by atoms with van der Waals surface area (Å²) in [4.78, 5) is 27.7. The molecule has 0 aromatic carbocycles. The largest absolute Gasteiger partial charge is 0.489 e. The Hall–Kier alpha value is -2.05. The zero-order chi connectivity index (χ0) is 10.6. The minimum atomic E-state index is -0.547. The number of methoxy groups -OCH3 is 1. The molecule has 0 bridgehead atoms. The standard InChI is InChI=1S/C7H10N4O3/c1-14-5-6(9-2-4(8)12)10-3-11-7(5)13/h3H,2H2,1H3,(H2,8,12)(H2,9,10,11,13). The fourth-order valence-corrected chi connectivity index (χ4v) is 0.873. The molecule has 4 N–H and O–H groups in total. The van der Waals surface area contributed by atoms with E-state index in [1.165, 1.54) is 13.4 Å². The minimum absolute atomic E-state index is 0.0220. The van der Waals surface area contributed by atoms with E-state index in [0.717, 1.165) is 0 Å². The lowest BCUT2D eigenvalue weighted by molar-refractivity contribution is -0.116. The SMILES string of the molecule is COc1c(NCC(N)=O)nc[nH]c1=O. The van der Waals surface area contributed by atoms with E-state index in [2.05, 4.69) is 15.3 Å². The summed E-state index contributed by atoms with van der Waals surface area (Å²) in [5.74, 6) is -0.335. The van der Waals surface area contributed by atoms with Crippen LogP contribution < -0.4 is 21.3 Å². The van der Waals surface area contributed by atoms with Crippen molar-refractivity contribution < 1.29 is 9.53 Å². The number of H-pyrrole nitrogens is 1. The molecule has 1 aromatic heterocycles. The van der Waals surface area contributed by atoms with Crippen LogP contribution in [-0.2, 0) is 4.79 Å². The predicted octanol–water partition coefficient (Wildman–Crippen LogP) is -1.32. The van der Waals surface area contributed by atoms with Crippen LogP contribution in [0.4, 0.5) is 5.82 Å². The molecule has 76 valence electrons. The van der Waals surface area contributed by atoms with Crippen molar-refractivity contribution in [3.05, 3.63) is 16.7 Å². The molecule has 0 aliphatic rings. The van der Waals surface area contributed by atoms with Crippen molar-refractivity contribution in [3.8, 4) is 5.75 Å². The highest BCUT2D eigenvalue weighted by Gasteiger charge is 2.08. The molecule has 1 rings (SSSR count). The second-order valence-electron chi connectivity index (χ2n) is 2.43. The number of aromatic nitrogens is 2. The Morgan fingerprint density at radius 3 is 3.07 bits per heavy atom. The molecule has 0 saturated carbocycles. The molecule has 0 spiro atoms. The highest BCUT2D eigenvalue weighted by Crippen LogP contribution is 2.13. The summed E-state index contributed by atoms with van der Waals surface area (Å²) < 4.78 is 4.79. The number of ether oxygens (including phenoxy) is 1. The first kappa shape index (κ1) is 10.0. The van der Waals surface area contributed by atoms with E-state index in [4.69, 9.17) is 10.5 Å². The molecule has 0 aliphatic carbocycles. The van der Waals surface area contributed by atoms with Crippen LogP contribution >= 0.6 is 0 Å². The van der Waals surface area contributed by atoms with Gasteiger partial charge in [0, 0.05) is 0 Å². The van der Waals surface area contributed by atoms with Crippen molar-refractivity contribution >= 4 is 11.7 Å². The van der Waals surface area contributed by atoms with Crippen molar-refractivity contribution in [2.24, 2.45) is 5.73 Å². The maximum Gasteiger partial charge on any atom is 0.295 e. The Labute approximate surface area is 79.3 Å². The van der Waals surface area contributed by atoms with E-state index in [-0.39, 0.29) is 18.1 Å². The summed E-state index contributed by atoms with van der Waals surface area (Å²) >= 11 is 0. The summed E-state index contributed by atoms with van der Waals surface area (Å²) in [5, 5.41) is 2.57. The molecule has 0 saturated heterocycles. The first-order valence-corrected chi connectivity index (χ1v) is 3.79. The topological polar surface area (TPSA) is 110 Å². The third kappa shape index (κ3) is 2.22. The van der Waals surface area contributed by atoms with Crippen LogP contribution in [-0.4, -0.2) is 29.5 Å². The van der Waals surface area contributed by atoms with Crippen molar-refractivity contribution in [2.45, 2.75) is 0 Å². The first-order chi connectivity index (χ1) is 6.65. The summed E-state index contributed by atoms with van der Waals surface area (Å²) in [6.07, 6.45) is 1.20. The molecule has 7 nitrogen and oxygen atoms in total. The quantitative estimate of drug-likeness (QED) is 0.555. The summed E-state index contributed by atoms with van der Waals surface area (Å²) in [7, 11) is 1.34. The Kier molecular flexibility index (Phi) is 3.05. The number of primary amides is 1. The van der Waals surface area contributed by atoms with Crippen molar-refractivity contribution in [1.29, 1.82) is 0 Å². The molecule has 1 heterocycles. The number of nitrogens with zero attached hydrogens (tertiary/aromatic N) is 1. The van der Waals surface area contributed by atoms with E-state index in [9.17, 15) is 9.59 Å². The van der Waals surface area contributed by atoms with Crippen molar-refractivity contribution in [2.75, 3.05) is 19.0 Å². The number of nitrogens with two attached hydrogens (primary N) is 1. The maximum atomic E-state index is 11.1. The fourth-order valence-electron chi connectivity index (χ4n) is 0.873. The van der Waals surface area contributed by atoms with Gasteiger partial charge >= 0.3 is 0 Å². The molecule has 0 aliphatic heterocycles. The van der Waals surface area contributed by atoms with Crippen LogP contribution in [0.5, 0.6) is 5.75 Å². The van der Waals surface area contributed by atoms with Gasteiger partial charge in [-0.2, -0.15) is 0 Å².